The van der Waals surface area contributed by atoms with Gasteiger partial charge in [-0.3, -0.25) is 9.10 Å². The van der Waals surface area contributed by atoms with Crippen molar-refractivity contribution in [3.63, 3.8) is 0 Å². The standard InChI is InChI=1S/C13H17F3N2O3S/c1-8(2)6-17-11(19)7-18(22(3,20)21)10-5-4-9(14)12(15)13(10)16/h4-5,8H,6-7H2,1-3H3,(H,17,19). The van der Waals surface area contributed by atoms with E-state index in [2.05, 4.69) is 5.32 Å². The molecule has 0 unspecified atom stereocenters. The minimum Gasteiger partial charge on any atom is -0.354 e. The Balaban J connectivity index is 3.11. The maximum Gasteiger partial charge on any atom is 0.240 e. The van der Waals surface area contributed by atoms with Crippen LogP contribution in [0.1, 0.15) is 13.8 Å². The van der Waals surface area contributed by atoms with Gasteiger partial charge in [-0.1, -0.05) is 13.8 Å². The van der Waals surface area contributed by atoms with Crippen molar-refractivity contribution in [3.8, 4) is 0 Å². The quantitative estimate of drug-likeness (QED) is 0.802. The Morgan fingerprint density at radius 1 is 1.23 bits per heavy atom. The molecule has 1 N–H and O–H groups in total. The third-order valence-electron chi connectivity index (χ3n) is 2.68. The maximum atomic E-state index is 13.8. The highest BCUT2D eigenvalue weighted by Crippen LogP contribution is 2.25. The van der Waals surface area contributed by atoms with E-state index in [-0.39, 0.29) is 5.92 Å². The first kappa shape index (κ1) is 18.3. The molecule has 0 spiro atoms. The van der Waals surface area contributed by atoms with Gasteiger partial charge in [0.25, 0.3) is 0 Å². The van der Waals surface area contributed by atoms with E-state index in [1.165, 1.54) is 0 Å². The van der Waals surface area contributed by atoms with Crippen molar-refractivity contribution in [2.75, 3.05) is 23.7 Å². The molecule has 1 aromatic carbocycles. The first-order chi connectivity index (χ1) is 10.0. The molecular weight excluding hydrogens is 321 g/mol. The molecule has 1 amide bonds. The summed E-state index contributed by atoms with van der Waals surface area (Å²) in [5.41, 5.74) is -0.721. The highest BCUT2D eigenvalue weighted by molar-refractivity contribution is 7.92. The van der Waals surface area contributed by atoms with Crippen LogP contribution in [0.15, 0.2) is 12.1 Å². The Labute approximate surface area is 127 Å². The average molecular weight is 338 g/mol. The molecule has 0 aliphatic carbocycles. The monoisotopic (exact) mass is 338 g/mol. The molecule has 1 rings (SSSR count). The number of carbonyl (C=O) groups excluding carboxylic acids is 1. The molecule has 0 fully saturated rings. The van der Waals surface area contributed by atoms with E-state index in [4.69, 9.17) is 0 Å². The van der Waals surface area contributed by atoms with Crippen LogP contribution in [0.4, 0.5) is 18.9 Å². The summed E-state index contributed by atoms with van der Waals surface area (Å²) < 4.78 is 63.8. The molecule has 0 radical (unpaired) electrons. The van der Waals surface area contributed by atoms with Gasteiger partial charge < -0.3 is 5.32 Å². The van der Waals surface area contributed by atoms with E-state index >= 15 is 0 Å². The summed E-state index contributed by atoms with van der Waals surface area (Å²) >= 11 is 0. The molecule has 1 aromatic rings. The molecule has 22 heavy (non-hydrogen) atoms. The molecule has 9 heteroatoms. The van der Waals surface area contributed by atoms with Crippen molar-refractivity contribution in [2.24, 2.45) is 5.92 Å². The van der Waals surface area contributed by atoms with Gasteiger partial charge in [0.1, 0.15) is 6.54 Å². The second-order valence-corrected chi connectivity index (χ2v) is 7.07. The van der Waals surface area contributed by atoms with Crippen LogP contribution in [0.2, 0.25) is 0 Å². The van der Waals surface area contributed by atoms with Crippen molar-refractivity contribution in [3.05, 3.63) is 29.6 Å². The van der Waals surface area contributed by atoms with Gasteiger partial charge in [-0.05, 0) is 18.1 Å². The summed E-state index contributed by atoms with van der Waals surface area (Å²) in [6, 6.07) is 1.36. The minimum absolute atomic E-state index is 0.135. The van der Waals surface area contributed by atoms with Crippen molar-refractivity contribution in [2.45, 2.75) is 13.8 Å². The maximum absolute atomic E-state index is 13.8. The summed E-state index contributed by atoms with van der Waals surface area (Å²) in [6.07, 6.45) is 0.740. The largest absolute Gasteiger partial charge is 0.354 e. The predicted molar refractivity (Wildman–Crippen MR) is 76.4 cm³/mol. The summed E-state index contributed by atoms with van der Waals surface area (Å²) in [7, 11) is -4.06. The number of hydrogen-bond donors (Lipinski definition) is 1. The summed E-state index contributed by atoms with van der Waals surface area (Å²) in [5.74, 6) is -5.45. The zero-order valence-corrected chi connectivity index (χ0v) is 13.2. The molecule has 0 saturated carbocycles. The van der Waals surface area contributed by atoms with Crippen molar-refractivity contribution >= 4 is 21.6 Å². The van der Waals surface area contributed by atoms with Gasteiger partial charge >= 0.3 is 0 Å². The van der Waals surface area contributed by atoms with Gasteiger partial charge in [-0.25, -0.2) is 21.6 Å². The first-order valence-corrected chi connectivity index (χ1v) is 8.26. The van der Waals surface area contributed by atoms with Gasteiger partial charge in [-0.15, -0.1) is 0 Å². The SMILES string of the molecule is CC(C)CNC(=O)CN(c1ccc(F)c(F)c1F)S(C)(=O)=O. The number of benzene rings is 1. The summed E-state index contributed by atoms with van der Waals surface area (Å²) in [5, 5.41) is 2.46. The Morgan fingerprint density at radius 2 is 1.82 bits per heavy atom. The van der Waals surface area contributed by atoms with Crippen LogP contribution in [0.5, 0.6) is 0 Å². The number of nitrogens with zero attached hydrogens (tertiary/aromatic N) is 1. The Morgan fingerprint density at radius 3 is 2.32 bits per heavy atom. The minimum atomic E-state index is -4.06. The predicted octanol–water partition coefficient (Wildman–Crippen LogP) is 1.64. The Bertz CT molecular complexity index is 663. The average Bonchev–Trinajstić information content (AvgIpc) is 2.39. The lowest BCUT2D eigenvalue weighted by Crippen LogP contribution is -2.41. The number of hydrogen-bond acceptors (Lipinski definition) is 3. The zero-order chi connectivity index (χ0) is 17.1. The fourth-order valence-electron chi connectivity index (χ4n) is 1.59. The van der Waals surface area contributed by atoms with Gasteiger partial charge in [0, 0.05) is 6.54 Å². The highest BCUT2D eigenvalue weighted by Gasteiger charge is 2.26. The number of sulfonamides is 1. The second-order valence-electron chi connectivity index (χ2n) is 5.16. The van der Waals surface area contributed by atoms with Gasteiger partial charge in [0.2, 0.25) is 15.9 Å². The van der Waals surface area contributed by atoms with Gasteiger partial charge in [0.15, 0.2) is 17.5 Å². The van der Waals surface area contributed by atoms with Crippen LogP contribution < -0.4 is 9.62 Å². The molecule has 0 saturated heterocycles. The van der Waals surface area contributed by atoms with Gasteiger partial charge in [0.05, 0.1) is 11.9 Å². The van der Waals surface area contributed by atoms with Gasteiger partial charge in [-0.2, -0.15) is 0 Å². The molecule has 0 aliphatic heterocycles. The van der Waals surface area contributed by atoms with Crippen molar-refractivity contribution < 1.29 is 26.4 Å². The molecule has 5 nitrogen and oxygen atoms in total. The molecule has 0 atom stereocenters. The van der Waals surface area contributed by atoms with Crippen LogP contribution >= 0.6 is 0 Å². The lowest BCUT2D eigenvalue weighted by molar-refractivity contribution is -0.119. The van der Waals surface area contributed by atoms with Crippen LogP contribution in [-0.2, 0) is 14.8 Å². The van der Waals surface area contributed by atoms with E-state index in [9.17, 15) is 26.4 Å². The van der Waals surface area contributed by atoms with E-state index in [1.807, 2.05) is 13.8 Å². The lowest BCUT2D eigenvalue weighted by atomic mass is 10.2. The summed E-state index contributed by atoms with van der Waals surface area (Å²) in [4.78, 5) is 11.7. The Kier molecular flexibility index (Phi) is 5.81. The van der Waals surface area contributed by atoms with Crippen molar-refractivity contribution in [1.82, 2.24) is 5.32 Å². The number of amides is 1. The molecule has 124 valence electrons. The molecule has 0 aromatic heterocycles. The topological polar surface area (TPSA) is 66.5 Å². The zero-order valence-electron chi connectivity index (χ0n) is 12.4. The third-order valence-corrected chi connectivity index (χ3v) is 3.80. The van der Waals surface area contributed by atoms with E-state index in [0.29, 0.717) is 16.9 Å². The van der Waals surface area contributed by atoms with E-state index < -0.39 is 45.6 Å². The second kappa shape index (κ2) is 6.99. The normalized spacial score (nSPS) is 11.6. The molecule has 0 bridgehead atoms. The molecular formula is C13H17F3N2O3S. The molecule has 0 heterocycles. The highest BCUT2D eigenvalue weighted by atomic mass is 32.2. The van der Waals surface area contributed by atoms with Crippen LogP contribution in [0.25, 0.3) is 0 Å². The number of rotatable bonds is 6. The first-order valence-electron chi connectivity index (χ1n) is 6.42. The van der Waals surface area contributed by atoms with Crippen LogP contribution in [0.3, 0.4) is 0 Å². The number of anilines is 1. The third kappa shape index (κ3) is 4.62. The Hall–Kier alpha value is -1.77. The smallest absolute Gasteiger partial charge is 0.240 e. The van der Waals surface area contributed by atoms with Crippen molar-refractivity contribution in [1.29, 1.82) is 0 Å². The van der Waals surface area contributed by atoms with Crippen LogP contribution in [-0.4, -0.2) is 33.7 Å². The number of halogens is 3. The number of carbonyl (C=O) groups is 1. The van der Waals surface area contributed by atoms with Crippen LogP contribution in [0, 0.1) is 23.4 Å². The fourth-order valence-corrected chi connectivity index (χ4v) is 2.44. The molecule has 0 aliphatic rings. The number of nitrogens with one attached hydrogen (secondary N) is 1. The lowest BCUT2D eigenvalue weighted by Gasteiger charge is -2.22. The fraction of sp³-hybridized carbons (Fsp3) is 0.462. The van der Waals surface area contributed by atoms with E-state index in [1.54, 1.807) is 0 Å². The summed E-state index contributed by atoms with van der Waals surface area (Å²) in [6.45, 7) is 3.25. The van der Waals surface area contributed by atoms with E-state index in [0.717, 1.165) is 12.3 Å².